The third-order valence-electron chi connectivity index (χ3n) is 4.74. The van der Waals surface area contributed by atoms with E-state index in [1.807, 2.05) is 18.2 Å². The molecule has 7 nitrogen and oxygen atoms in total. The predicted molar refractivity (Wildman–Crippen MR) is 109 cm³/mol. The zero-order chi connectivity index (χ0) is 20.5. The van der Waals surface area contributed by atoms with Crippen molar-refractivity contribution < 1.29 is 13.9 Å². The highest BCUT2D eigenvalue weighted by molar-refractivity contribution is 5.85. The molecule has 0 aliphatic heterocycles. The van der Waals surface area contributed by atoms with Gasteiger partial charge in [0.2, 0.25) is 0 Å². The Bertz CT molecular complexity index is 1370. The van der Waals surface area contributed by atoms with Crippen molar-refractivity contribution >= 4 is 16.6 Å². The summed E-state index contributed by atoms with van der Waals surface area (Å²) < 4.78 is 27.0. The highest BCUT2D eigenvalue weighted by Crippen LogP contribution is 2.27. The lowest BCUT2D eigenvalue weighted by molar-refractivity contribution is 0.296. The van der Waals surface area contributed by atoms with Crippen LogP contribution in [0.15, 0.2) is 66.9 Å². The summed E-state index contributed by atoms with van der Waals surface area (Å²) in [4.78, 5) is 4.36. The molecule has 2 aromatic carbocycles. The second kappa shape index (κ2) is 7.40. The van der Waals surface area contributed by atoms with Crippen molar-refractivity contribution in [3.63, 3.8) is 0 Å². The molecule has 8 heteroatoms. The van der Waals surface area contributed by atoms with Crippen LogP contribution >= 0.6 is 0 Å². The predicted octanol–water partition coefficient (Wildman–Crippen LogP) is 4.07. The number of pyridine rings is 1. The Labute approximate surface area is 170 Å². The Morgan fingerprint density at radius 2 is 1.90 bits per heavy atom. The van der Waals surface area contributed by atoms with Gasteiger partial charge in [-0.15, -0.1) is 10.2 Å². The van der Waals surface area contributed by atoms with Crippen LogP contribution in [0.2, 0.25) is 0 Å². The minimum Gasteiger partial charge on any atom is -0.497 e. The summed E-state index contributed by atoms with van der Waals surface area (Å²) in [7, 11) is 1.61. The first kappa shape index (κ1) is 18.0. The summed E-state index contributed by atoms with van der Waals surface area (Å²) >= 11 is 0. The largest absolute Gasteiger partial charge is 0.497 e. The number of rotatable bonds is 5. The maximum absolute atomic E-state index is 14.2. The van der Waals surface area contributed by atoms with E-state index in [0.29, 0.717) is 28.5 Å². The molecule has 3 heterocycles. The summed E-state index contributed by atoms with van der Waals surface area (Å²) in [6.07, 6.45) is 1.67. The van der Waals surface area contributed by atoms with E-state index in [0.717, 1.165) is 16.7 Å². The van der Waals surface area contributed by atoms with E-state index < -0.39 is 0 Å². The molecule has 0 bridgehead atoms. The van der Waals surface area contributed by atoms with E-state index in [-0.39, 0.29) is 12.4 Å². The van der Waals surface area contributed by atoms with Gasteiger partial charge in [-0.25, -0.2) is 4.39 Å². The highest BCUT2D eigenvalue weighted by atomic mass is 19.1. The van der Waals surface area contributed by atoms with Gasteiger partial charge in [0.05, 0.1) is 18.3 Å². The van der Waals surface area contributed by atoms with Gasteiger partial charge in [-0.3, -0.25) is 4.98 Å². The van der Waals surface area contributed by atoms with Crippen molar-refractivity contribution in [2.75, 3.05) is 7.11 Å². The molecule has 0 radical (unpaired) electrons. The standard InChI is InChI=1S/C22H16FN5O2/c1-29-14-6-7-16-19(12-14)24-11-10-20(16)30-13-22-26-25-21-9-8-18(27-28(21)22)15-4-2-3-5-17(15)23/h2-12H,13H2,1H3. The van der Waals surface area contributed by atoms with Crippen molar-refractivity contribution in [1.29, 1.82) is 0 Å². The Morgan fingerprint density at radius 1 is 1.00 bits per heavy atom. The molecule has 3 aromatic heterocycles. The monoisotopic (exact) mass is 401 g/mol. The molecule has 5 aromatic rings. The molecular weight excluding hydrogens is 385 g/mol. The molecule has 0 N–H and O–H groups in total. The first-order valence-corrected chi connectivity index (χ1v) is 9.25. The number of fused-ring (bicyclic) bond motifs is 2. The maximum Gasteiger partial charge on any atom is 0.192 e. The number of ether oxygens (including phenoxy) is 2. The van der Waals surface area contributed by atoms with Crippen LogP contribution in [0.4, 0.5) is 4.39 Å². The minimum atomic E-state index is -0.339. The van der Waals surface area contributed by atoms with Gasteiger partial charge in [-0.1, -0.05) is 12.1 Å². The minimum absolute atomic E-state index is 0.139. The smallest absolute Gasteiger partial charge is 0.192 e. The van der Waals surface area contributed by atoms with Gasteiger partial charge < -0.3 is 9.47 Å². The van der Waals surface area contributed by atoms with Gasteiger partial charge in [0.15, 0.2) is 11.5 Å². The Hall–Kier alpha value is -4.07. The first-order valence-electron chi connectivity index (χ1n) is 9.25. The summed E-state index contributed by atoms with van der Waals surface area (Å²) in [6, 6.07) is 17.3. The lowest BCUT2D eigenvalue weighted by Gasteiger charge is -2.09. The van der Waals surface area contributed by atoms with Crippen LogP contribution < -0.4 is 9.47 Å². The number of hydrogen-bond donors (Lipinski definition) is 0. The molecule has 5 rings (SSSR count). The molecule has 0 amide bonds. The highest BCUT2D eigenvalue weighted by Gasteiger charge is 2.12. The second-order valence-corrected chi connectivity index (χ2v) is 6.57. The Kier molecular flexibility index (Phi) is 4.44. The number of methoxy groups -OCH3 is 1. The van der Waals surface area contributed by atoms with Gasteiger partial charge in [0.1, 0.15) is 23.9 Å². The number of nitrogens with zero attached hydrogens (tertiary/aromatic N) is 5. The summed E-state index contributed by atoms with van der Waals surface area (Å²) in [6.45, 7) is 0.139. The third kappa shape index (κ3) is 3.18. The van der Waals surface area contributed by atoms with E-state index in [4.69, 9.17) is 9.47 Å². The molecule has 0 fully saturated rings. The lowest BCUT2D eigenvalue weighted by Crippen LogP contribution is -2.05. The van der Waals surface area contributed by atoms with E-state index in [9.17, 15) is 4.39 Å². The summed E-state index contributed by atoms with van der Waals surface area (Å²) in [5, 5.41) is 13.7. The van der Waals surface area contributed by atoms with Crippen molar-refractivity contribution in [3.05, 3.63) is 78.5 Å². The van der Waals surface area contributed by atoms with Crippen molar-refractivity contribution in [2.24, 2.45) is 0 Å². The molecule has 0 spiro atoms. The SMILES string of the molecule is COc1ccc2c(OCc3nnc4ccc(-c5ccccc5F)nn34)ccnc2c1. The van der Waals surface area contributed by atoms with Gasteiger partial charge >= 0.3 is 0 Å². The Balaban J connectivity index is 1.47. The molecule has 0 aliphatic carbocycles. The molecule has 148 valence electrons. The fourth-order valence-electron chi connectivity index (χ4n) is 3.23. The lowest BCUT2D eigenvalue weighted by atomic mass is 10.1. The first-order chi connectivity index (χ1) is 14.7. The van der Waals surface area contributed by atoms with E-state index >= 15 is 0 Å². The summed E-state index contributed by atoms with van der Waals surface area (Å²) in [5.41, 5.74) is 2.22. The zero-order valence-corrected chi connectivity index (χ0v) is 16.0. The normalized spacial score (nSPS) is 11.1. The molecule has 0 saturated heterocycles. The number of hydrogen-bond acceptors (Lipinski definition) is 6. The molecule has 0 atom stereocenters. The molecule has 0 unspecified atom stereocenters. The van der Waals surface area contributed by atoms with Gasteiger partial charge in [0.25, 0.3) is 0 Å². The Morgan fingerprint density at radius 3 is 2.77 bits per heavy atom. The summed E-state index contributed by atoms with van der Waals surface area (Å²) in [5.74, 6) is 1.54. The van der Waals surface area contributed by atoms with Crippen LogP contribution in [-0.2, 0) is 6.61 Å². The van der Waals surface area contributed by atoms with Crippen LogP contribution in [-0.4, -0.2) is 31.9 Å². The van der Waals surface area contributed by atoms with E-state index in [2.05, 4.69) is 20.3 Å². The van der Waals surface area contributed by atoms with Crippen molar-refractivity contribution in [1.82, 2.24) is 24.8 Å². The van der Waals surface area contributed by atoms with Crippen LogP contribution in [0.1, 0.15) is 5.82 Å². The number of benzene rings is 2. The van der Waals surface area contributed by atoms with Gasteiger partial charge in [0, 0.05) is 23.2 Å². The zero-order valence-electron chi connectivity index (χ0n) is 16.0. The second-order valence-electron chi connectivity index (χ2n) is 6.57. The molecule has 0 aliphatic rings. The van der Waals surface area contributed by atoms with E-state index in [1.54, 1.807) is 54.2 Å². The van der Waals surface area contributed by atoms with Crippen LogP contribution in [0.25, 0.3) is 27.8 Å². The van der Waals surface area contributed by atoms with Crippen LogP contribution in [0.5, 0.6) is 11.5 Å². The van der Waals surface area contributed by atoms with Gasteiger partial charge in [-0.2, -0.15) is 9.61 Å². The van der Waals surface area contributed by atoms with Crippen molar-refractivity contribution in [3.8, 4) is 22.8 Å². The van der Waals surface area contributed by atoms with Gasteiger partial charge in [-0.05, 0) is 42.5 Å². The van der Waals surface area contributed by atoms with Crippen LogP contribution in [0, 0.1) is 5.82 Å². The maximum atomic E-state index is 14.2. The third-order valence-corrected chi connectivity index (χ3v) is 4.74. The quantitative estimate of drug-likeness (QED) is 0.442. The average molecular weight is 401 g/mol. The fourth-order valence-corrected chi connectivity index (χ4v) is 3.23. The fraction of sp³-hybridized carbons (Fsp3) is 0.0909. The van der Waals surface area contributed by atoms with E-state index in [1.165, 1.54) is 6.07 Å². The number of halogens is 1. The van der Waals surface area contributed by atoms with Crippen molar-refractivity contribution in [2.45, 2.75) is 6.61 Å². The average Bonchev–Trinajstić information content (AvgIpc) is 3.19. The topological polar surface area (TPSA) is 74.4 Å². The molecular formula is C22H16FN5O2. The number of aromatic nitrogens is 5. The van der Waals surface area contributed by atoms with Crippen LogP contribution in [0.3, 0.4) is 0 Å². The molecule has 30 heavy (non-hydrogen) atoms. The molecule has 0 saturated carbocycles.